The van der Waals surface area contributed by atoms with Gasteiger partial charge in [0.2, 0.25) is 0 Å². The highest BCUT2D eigenvalue weighted by molar-refractivity contribution is 7.12. The maximum Gasteiger partial charge on any atom is 0.268 e. The van der Waals surface area contributed by atoms with Crippen molar-refractivity contribution in [1.29, 1.82) is 0 Å². The first-order chi connectivity index (χ1) is 16.5. The highest BCUT2D eigenvalue weighted by atomic mass is 32.1. The minimum Gasteiger partial charge on any atom is -0.373 e. The average molecular weight is 474 g/mol. The molecule has 2 aromatic heterocycles. The molecule has 34 heavy (non-hydrogen) atoms. The lowest BCUT2D eigenvalue weighted by atomic mass is 10.0. The number of hydrogen-bond donors (Lipinski definition) is 2. The molecule has 0 aliphatic carbocycles. The fraction of sp³-hybridized carbons (Fsp3) is 0.259. The van der Waals surface area contributed by atoms with Crippen LogP contribution < -0.4 is 10.6 Å². The number of hydrogen-bond acceptors (Lipinski definition) is 4. The first-order valence-electron chi connectivity index (χ1n) is 11.4. The van der Waals surface area contributed by atoms with Crippen LogP contribution in [0.15, 0.2) is 72.1 Å². The molecule has 6 nitrogen and oxygen atoms in total. The molecule has 4 aromatic rings. The second-order valence-corrected chi connectivity index (χ2v) is 9.84. The smallest absolute Gasteiger partial charge is 0.268 e. The zero-order chi connectivity index (χ0) is 23.5. The Balaban J connectivity index is 1.45. The maximum atomic E-state index is 13.3. The number of aromatic nitrogens is 1. The largest absolute Gasteiger partial charge is 0.373 e. The summed E-state index contributed by atoms with van der Waals surface area (Å²) in [5.41, 5.74) is 3.01. The van der Waals surface area contributed by atoms with E-state index in [9.17, 15) is 9.59 Å². The van der Waals surface area contributed by atoms with E-state index < -0.39 is 0 Å². The summed E-state index contributed by atoms with van der Waals surface area (Å²) >= 11 is 1.40. The third-order valence-corrected chi connectivity index (χ3v) is 7.11. The van der Waals surface area contributed by atoms with E-state index in [1.165, 1.54) is 11.3 Å². The minimum absolute atomic E-state index is 0.131. The molecule has 2 aromatic carbocycles. The van der Waals surface area contributed by atoms with E-state index in [1.54, 1.807) is 6.07 Å². The summed E-state index contributed by atoms with van der Waals surface area (Å²) in [5.74, 6) is -0.270. The maximum absolute atomic E-state index is 13.3. The molecule has 0 radical (unpaired) electrons. The van der Waals surface area contributed by atoms with E-state index in [0.717, 1.165) is 35.9 Å². The normalized spacial score (nSPS) is 17.7. The highest BCUT2D eigenvalue weighted by Gasteiger charge is 2.30. The van der Waals surface area contributed by atoms with Gasteiger partial charge in [-0.3, -0.25) is 9.59 Å². The highest BCUT2D eigenvalue weighted by Crippen LogP contribution is 2.27. The molecule has 1 fully saturated rings. The van der Waals surface area contributed by atoms with Crippen molar-refractivity contribution in [3.63, 3.8) is 0 Å². The van der Waals surface area contributed by atoms with Gasteiger partial charge >= 0.3 is 0 Å². The van der Waals surface area contributed by atoms with Crippen LogP contribution in [0, 0.1) is 0 Å². The van der Waals surface area contributed by atoms with Crippen molar-refractivity contribution < 1.29 is 14.3 Å². The summed E-state index contributed by atoms with van der Waals surface area (Å²) < 4.78 is 7.86. The van der Waals surface area contributed by atoms with Crippen LogP contribution in [0.5, 0.6) is 0 Å². The van der Waals surface area contributed by atoms with E-state index >= 15 is 0 Å². The number of benzene rings is 2. The number of carbonyl (C=O) groups excluding carboxylic acids is 2. The van der Waals surface area contributed by atoms with Gasteiger partial charge in [-0.1, -0.05) is 36.4 Å². The van der Waals surface area contributed by atoms with E-state index in [0.29, 0.717) is 29.3 Å². The van der Waals surface area contributed by atoms with Gasteiger partial charge in [-0.05, 0) is 61.0 Å². The lowest BCUT2D eigenvalue weighted by molar-refractivity contribution is 0.0205. The molecule has 3 heterocycles. The molecule has 2 N–H and O–H groups in total. The van der Waals surface area contributed by atoms with Gasteiger partial charge in [0.05, 0.1) is 10.5 Å². The third-order valence-electron chi connectivity index (χ3n) is 6.24. The molecule has 0 spiro atoms. The van der Waals surface area contributed by atoms with Crippen molar-refractivity contribution in [2.24, 2.45) is 0 Å². The van der Waals surface area contributed by atoms with Gasteiger partial charge < -0.3 is 19.9 Å². The molecule has 7 heteroatoms. The number of fused-ring (bicyclic) bond motifs is 1. The number of amides is 2. The lowest BCUT2D eigenvalue weighted by Crippen LogP contribution is -2.40. The van der Waals surface area contributed by atoms with Gasteiger partial charge in [0, 0.05) is 36.3 Å². The van der Waals surface area contributed by atoms with Crippen LogP contribution in [0.2, 0.25) is 0 Å². The van der Waals surface area contributed by atoms with Gasteiger partial charge in [0.25, 0.3) is 11.8 Å². The Morgan fingerprint density at radius 2 is 1.91 bits per heavy atom. The molecule has 5 rings (SSSR count). The lowest BCUT2D eigenvalue weighted by Gasteiger charge is -2.23. The minimum atomic E-state index is -0.314. The van der Waals surface area contributed by atoms with Crippen LogP contribution in [0.1, 0.15) is 45.5 Å². The monoisotopic (exact) mass is 473 g/mol. The van der Waals surface area contributed by atoms with Gasteiger partial charge in [-0.25, -0.2) is 0 Å². The average Bonchev–Trinajstić information content (AvgIpc) is 3.59. The summed E-state index contributed by atoms with van der Waals surface area (Å²) in [6.07, 6.45) is 1.95. The molecular weight excluding hydrogens is 446 g/mol. The fourth-order valence-corrected chi connectivity index (χ4v) is 5.03. The number of thiophene rings is 1. The first kappa shape index (κ1) is 22.4. The molecule has 0 bridgehead atoms. The molecule has 174 valence electrons. The quantitative estimate of drug-likeness (QED) is 0.382. The number of ether oxygens (including phenoxy) is 1. The standard InChI is InChI=1S/C27H27N3O3S/c1-27(12-6-13-33-27)18-28-25(31)23-16-20-15-21(29-26(32)24-9-5-14-34-24)10-11-22(20)30(23)17-19-7-3-2-4-8-19/h2-5,7-11,14-16H,6,12-13,17-18H2,1H3,(H,28,31)(H,29,32)/t27-/m1/s1. The Morgan fingerprint density at radius 3 is 2.65 bits per heavy atom. The molecular formula is C27H27N3O3S. The molecule has 0 unspecified atom stereocenters. The fourth-order valence-electron chi connectivity index (χ4n) is 4.41. The van der Waals surface area contributed by atoms with Crippen LogP contribution in [-0.2, 0) is 11.3 Å². The Bertz CT molecular complexity index is 1310. The van der Waals surface area contributed by atoms with E-state index in [-0.39, 0.29) is 17.4 Å². The van der Waals surface area contributed by atoms with Gasteiger partial charge in [0.1, 0.15) is 5.69 Å². The topological polar surface area (TPSA) is 72.4 Å². The summed E-state index contributed by atoms with van der Waals surface area (Å²) in [6.45, 7) is 3.82. The Morgan fingerprint density at radius 1 is 1.06 bits per heavy atom. The number of rotatable bonds is 7. The van der Waals surface area contributed by atoms with Crippen LogP contribution in [0.4, 0.5) is 5.69 Å². The summed E-state index contributed by atoms with van der Waals surface area (Å²) in [4.78, 5) is 26.4. The van der Waals surface area contributed by atoms with E-state index in [2.05, 4.69) is 22.8 Å². The van der Waals surface area contributed by atoms with Crippen LogP contribution in [0.25, 0.3) is 10.9 Å². The molecule has 1 aliphatic heterocycles. The van der Waals surface area contributed by atoms with Gasteiger partial charge in [-0.15, -0.1) is 11.3 Å². The number of anilines is 1. The zero-order valence-corrected chi connectivity index (χ0v) is 19.9. The van der Waals surface area contributed by atoms with Crippen molar-refractivity contribution in [2.75, 3.05) is 18.5 Å². The Labute approximate surface area is 202 Å². The Kier molecular flexibility index (Phi) is 6.22. The second-order valence-electron chi connectivity index (χ2n) is 8.89. The van der Waals surface area contributed by atoms with Gasteiger partial charge in [-0.2, -0.15) is 0 Å². The summed E-state index contributed by atoms with van der Waals surface area (Å²) in [7, 11) is 0. The second kappa shape index (κ2) is 9.44. The third kappa shape index (κ3) is 4.76. The summed E-state index contributed by atoms with van der Waals surface area (Å²) in [6, 6.07) is 21.4. The first-order valence-corrected chi connectivity index (χ1v) is 12.3. The number of carbonyl (C=O) groups is 2. The van der Waals surface area contributed by atoms with Gasteiger partial charge in [0.15, 0.2) is 0 Å². The van der Waals surface area contributed by atoms with E-state index in [4.69, 9.17) is 4.74 Å². The number of nitrogens with one attached hydrogen (secondary N) is 2. The predicted octanol–water partition coefficient (Wildman–Crippen LogP) is 5.30. The van der Waals surface area contributed by atoms with Crippen molar-refractivity contribution in [3.05, 3.63) is 88.2 Å². The number of nitrogens with zero attached hydrogens (tertiary/aromatic N) is 1. The molecule has 2 amide bonds. The van der Waals surface area contributed by atoms with Crippen LogP contribution in [0.3, 0.4) is 0 Å². The molecule has 0 saturated carbocycles. The Hall–Kier alpha value is -3.42. The molecule has 1 saturated heterocycles. The van der Waals surface area contributed by atoms with Crippen molar-refractivity contribution in [2.45, 2.75) is 31.9 Å². The van der Waals surface area contributed by atoms with Crippen LogP contribution in [-0.4, -0.2) is 35.1 Å². The zero-order valence-electron chi connectivity index (χ0n) is 19.0. The molecule has 1 atom stereocenters. The van der Waals surface area contributed by atoms with Crippen LogP contribution >= 0.6 is 11.3 Å². The predicted molar refractivity (Wildman–Crippen MR) is 136 cm³/mol. The van der Waals surface area contributed by atoms with Crippen molar-refractivity contribution in [3.8, 4) is 0 Å². The van der Waals surface area contributed by atoms with Crippen molar-refractivity contribution in [1.82, 2.24) is 9.88 Å². The van der Waals surface area contributed by atoms with Crippen molar-refractivity contribution >= 4 is 39.7 Å². The SMILES string of the molecule is C[C@]1(CNC(=O)c2cc3cc(NC(=O)c4cccs4)ccc3n2Cc2ccccc2)CCCO1. The molecule has 1 aliphatic rings. The summed E-state index contributed by atoms with van der Waals surface area (Å²) in [5, 5.41) is 8.81. The van der Waals surface area contributed by atoms with E-state index in [1.807, 2.05) is 65.4 Å².